The highest BCUT2D eigenvalue weighted by atomic mass is 16.2. The van der Waals surface area contributed by atoms with Crippen molar-refractivity contribution in [2.75, 3.05) is 6.54 Å². The first-order valence-corrected chi connectivity index (χ1v) is 8.43. The molecule has 2 amide bonds. The molecule has 1 N–H and O–H groups in total. The van der Waals surface area contributed by atoms with Crippen molar-refractivity contribution in [2.45, 2.75) is 46.3 Å². The predicted molar refractivity (Wildman–Crippen MR) is 91.6 cm³/mol. The maximum Gasteiger partial charge on any atom is 0.318 e. The lowest BCUT2D eigenvalue weighted by atomic mass is 10.1. The van der Waals surface area contributed by atoms with Gasteiger partial charge in [0.2, 0.25) is 0 Å². The molecule has 0 saturated heterocycles. The molecular weight excluding hydrogens is 318 g/mol. The van der Waals surface area contributed by atoms with Crippen molar-refractivity contribution in [2.24, 2.45) is 7.05 Å². The summed E-state index contributed by atoms with van der Waals surface area (Å²) in [6.07, 6.45) is 0.812. The molecule has 0 spiro atoms. The Kier molecular flexibility index (Phi) is 4.49. The van der Waals surface area contributed by atoms with Crippen LogP contribution in [0.4, 0.5) is 4.79 Å². The highest BCUT2D eigenvalue weighted by Gasteiger charge is 2.24. The third kappa shape index (κ3) is 3.22. The maximum absolute atomic E-state index is 12.7. The lowest BCUT2D eigenvalue weighted by Gasteiger charge is -2.23. The van der Waals surface area contributed by atoms with Gasteiger partial charge in [-0.1, -0.05) is 0 Å². The Morgan fingerprint density at radius 2 is 2.12 bits per heavy atom. The molecule has 0 bridgehead atoms. The second-order valence-electron chi connectivity index (χ2n) is 6.51. The van der Waals surface area contributed by atoms with E-state index in [1.54, 1.807) is 11.0 Å². The molecular formula is C17H23N7O. The average molecular weight is 341 g/mol. The first kappa shape index (κ1) is 17.0. The summed E-state index contributed by atoms with van der Waals surface area (Å²) in [6, 6.07) is 3.58. The fourth-order valence-corrected chi connectivity index (χ4v) is 3.46. The van der Waals surface area contributed by atoms with Crippen molar-refractivity contribution in [1.82, 2.24) is 29.8 Å². The number of nitrogens with zero attached hydrogens (tertiary/aromatic N) is 6. The van der Waals surface area contributed by atoms with E-state index in [-0.39, 0.29) is 12.1 Å². The number of fused-ring (bicyclic) bond motifs is 1. The number of hydrogen-bond donors (Lipinski definition) is 1. The first-order chi connectivity index (χ1) is 11.9. The number of carbonyl (C=O) groups is 1. The minimum Gasteiger partial charge on any atom is -0.331 e. The van der Waals surface area contributed by atoms with Gasteiger partial charge in [0.25, 0.3) is 0 Å². The third-order valence-corrected chi connectivity index (χ3v) is 4.75. The zero-order valence-corrected chi connectivity index (χ0v) is 15.1. The zero-order valence-electron chi connectivity index (χ0n) is 15.1. The molecule has 3 rings (SSSR count). The fourth-order valence-electron chi connectivity index (χ4n) is 3.46. The number of nitrogens with one attached hydrogen (secondary N) is 1. The van der Waals surface area contributed by atoms with Crippen LogP contribution in [0.5, 0.6) is 0 Å². The van der Waals surface area contributed by atoms with Gasteiger partial charge in [0, 0.05) is 31.4 Å². The molecule has 2 aromatic rings. The molecule has 0 fully saturated rings. The number of nitriles is 1. The summed E-state index contributed by atoms with van der Waals surface area (Å²) in [7, 11) is 1.91. The highest BCUT2D eigenvalue weighted by Crippen LogP contribution is 2.21. The van der Waals surface area contributed by atoms with E-state index in [0.717, 1.165) is 35.6 Å². The maximum atomic E-state index is 12.7. The third-order valence-electron chi connectivity index (χ3n) is 4.75. The molecule has 1 aliphatic rings. The smallest absolute Gasteiger partial charge is 0.318 e. The summed E-state index contributed by atoms with van der Waals surface area (Å²) in [5.74, 6) is 0. The predicted octanol–water partition coefficient (Wildman–Crippen LogP) is 1.78. The van der Waals surface area contributed by atoms with E-state index in [2.05, 4.69) is 21.6 Å². The van der Waals surface area contributed by atoms with Crippen LogP contribution in [0.1, 0.15) is 47.7 Å². The van der Waals surface area contributed by atoms with Crippen LogP contribution in [-0.2, 0) is 20.1 Å². The van der Waals surface area contributed by atoms with Crippen molar-refractivity contribution in [3.8, 4) is 6.07 Å². The van der Waals surface area contributed by atoms with Crippen LogP contribution >= 0.6 is 0 Å². The molecule has 2 aromatic heterocycles. The largest absolute Gasteiger partial charge is 0.331 e. The molecule has 1 atom stereocenters. The van der Waals surface area contributed by atoms with Crippen LogP contribution in [0.25, 0.3) is 0 Å². The summed E-state index contributed by atoms with van der Waals surface area (Å²) >= 11 is 0. The second kappa shape index (κ2) is 6.59. The summed E-state index contributed by atoms with van der Waals surface area (Å²) < 4.78 is 3.66. The zero-order chi connectivity index (χ0) is 18.1. The first-order valence-electron chi connectivity index (χ1n) is 8.43. The minimum absolute atomic E-state index is 0.108. The number of amides is 2. The summed E-state index contributed by atoms with van der Waals surface area (Å²) in [6.45, 7) is 7.78. The Balaban J connectivity index is 1.73. The number of carbonyl (C=O) groups excluding carboxylic acids is 1. The van der Waals surface area contributed by atoms with Crippen LogP contribution in [0.3, 0.4) is 0 Å². The lowest BCUT2D eigenvalue weighted by Crippen LogP contribution is -2.41. The van der Waals surface area contributed by atoms with E-state index in [4.69, 9.17) is 5.26 Å². The van der Waals surface area contributed by atoms with Crippen molar-refractivity contribution in [3.63, 3.8) is 0 Å². The van der Waals surface area contributed by atoms with E-state index in [1.165, 1.54) is 0 Å². The monoisotopic (exact) mass is 341 g/mol. The Hall–Kier alpha value is -2.82. The van der Waals surface area contributed by atoms with Crippen LogP contribution in [0.15, 0.2) is 6.07 Å². The number of rotatable bonds is 2. The van der Waals surface area contributed by atoms with Gasteiger partial charge >= 0.3 is 6.03 Å². The Morgan fingerprint density at radius 1 is 1.36 bits per heavy atom. The number of aryl methyl sites for hydroxylation is 3. The standard InChI is InChI=1S/C17H23N7O/c1-11(16-12(2)20-22(4)13(16)3)19-17(25)23-6-5-7-24-15(10-23)8-14(9-18)21-24/h8,11H,5-7,10H2,1-4H3,(H,19,25)/t11-/m1/s1. The van der Waals surface area contributed by atoms with E-state index in [0.29, 0.717) is 18.8 Å². The number of hydrogen-bond acceptors (Lipinski definition) is 4. The summed E-state index contributed by atoms with van der Waals surface area (Å²) in [5, 5.41) is 20.7. The molecule has 0 unspecified atom stereocenters. The van der Waals surface area contributed by atoms with Gasteiger partial charge in [-0.25, -0.2) is 4.79 Å². The molecule has 3 heterocycles. The van der Waals surface area contributed by atoms with Crippen molar-refractivity contribution in [1.29, 1.82) is 5.26 Å². The van der Waals surface area contributed by atoms with Crippen LogP contribution in [-0.4, -0.2) is 37.0 Å². The number of aromatic nitrogens is 4. The van der Waals surface area contributed by atoms with Gasteiger partial charge in [0.05, 0.1) is 24.0 Å². The van der Waals surface area contributed by atoms with Gasteiger partial charge in [-0.05, 0) is 33.3 Å². The van der Waals surface area contributed by atoms with Crippen molar-refractivity contribution < 1.29 is 4.79 Å². The van der Waals surface area contributed by atoms with Crippen LogP contribution < -0.4 is 5.32 Å². The Bertz CT molecular complexity index is 842. The highest BCUT2D eigenvalue weighted by molar-refractivity contribution is 5.74. The Labute approximate surface area is 147 Å². The van der Waals surface area contributed by atoms with Gasteiger partial charge in [-0.15, -0.1) is 0 Å². The fraction of sp³-hybridized carbons (Fsp3) is 0.529. The van der Waals surface area contributed by atoms with Gasteiger partial charge in [0.1, 0.15) is 6.07 Å². The summed E-state index contributed by atoms with van der Waals surface area (Å²) in [4.78, 5) is 14.5. The number of urea groups is 1. The van der Waals surface area contributed by atoms with Crippen molar-refractivity contribution in [3.05, 3.63) is 34.4 Å². The second-order valence-corrected chi connectivity index (χ2v) is 6.51. The van der Waals surface area contributed by atoms with Gasteiger partial charge < -0.3 is 10.2 Å². The average Bonchev–Trinajstić information content (AvgIpc) is 2.99. The molecule has 0 aliphatic carbocycles. The SMILES string of the molecule is Cc1nn(C)c(C)c1[C@@H](C)NC(=O)N1CCCn2nc(C#N)cc2C1. The quantitative estimate of drug-likeness (QED) is 0.901. The van der Waals surface area contributed by atoms with Crippen LogP contribution in [0.2, 0.25) is 0 Å². The molecule has 8 heteroatoms. The molecule has 0 aromatic carbocycles. The van der Waals surface area contributed by atoms with Crippen LogP contribution in [0, 0.1) is 25.2 Å². The Morgan fingerprint density at radius 3 is 2.76 bits per heavy atom. The van der Waals surface area contributed by atoms with E-state index >= 15 is 0 Å². The van der Waals surface area contributed by atoms with E-state index in [9.17, 15) is 4.79 Å². The van der Waals surface area contributed by atoms with E-state index < -0.39 is 0 Å². The van der Waals surface area contributed by atoms with Gasteiger partial charge in [0.15, 0.2) is 5.69 Å². The molecule has 0 saturated carbocycles. The molecule has 8 nitrogen and oxygen atoms in total. The minimum atomic E-state index is -0.121. The van der Waals surface area contributed by atoms with E-state index in [1.807, 2.05) is 37.2 Å². The lowest BCUT2D eigenvalue weighted by molar-refractivity contribution is 0.192. The molecule has 25 heavy (non-hydrogen) atoms. The van der Waals surface area contributed by atoms with Gasteiger partial charge in [-0.2, -0.15) is 15.5 Å². The normalized spacial score (nSPS) is 15.2. The topological polar surface area (TPSA) is 91.8 Å². The molecule has 132 valence electrons. The summed E-state index contributed by atoms with van der Waals surface area (Å²) in [5.41, 5.74) is 4.33. The van der Waals surface area contributed by atoms with Gasteiger partial charge in [-0.3, -0.25) is 9.36 Å². The molecule has 0 radical (unpaired) electrons. The molecule has 1 aliphatic heterocycles. The van der Waals surface area contributed by atoms with Crippen molar-refractivity contribution >= 4 is 6.03 Å².